The summed E-state index contributed by atoms with van der Waals surface area (Å²) in [7, 11) is -0.747. The second-order valence-electron chi connectivity index (χ2n) is 12.2. The number of ether oxygens (including phenoxy) is 3. The fourth-order valence-electron chi connectivity index (χ4n) is 6.24. The minimum absolute atomic E-state index is 0.139. The van der Waals surface area contributed by atoms with E-state index in [-0.39, 0.29) is 17.5 Å². The van der Waals surface area contributed by atoms with Gasteiger partial charge in [0.05, 0.1) is 43.9 Å². The first-order chi connectivity index (χ1) is 22.2. The van der Waals surface area contributed by atoms with Gasteiger partial charge in [-0.05, 0) is 81.3 Å². The number of nitrogens with one attached hydrogen (secondary N) is 1. The van der Waals surface area contributed by atoms with Crippen LogP contribution in [0.1, 0.15) is 50.5 Å². The number of esters is 1. The maximum atomic E-state index is 15.3. The van der Waals surface area contributed by atoms with E-state index in [9.17, 15) is 13.2 Å². The fourth-order valence-corrected chi connectivity index (χ4v) is 7.62. The van der Waals surface area contributed by atoms with Crippen LogP contribution in [0.5, 0.6) is 5.88 Å². The van der Waals surface area contributed by atoms with Crippen molar-refractivity contribution in [2.24, 2.45) is 5.92 Å². The molecule has 3 aliphatic rings. The van der Waals surface area contributed by atoms with Gasteiger partial charge in [0.25, 0.3) is 0 Å². The van der Waals surface area contributed by atoms with Gasteiger partial charge in [0.15, 0.2) is 0 Å². The number of sulfonamides is 1. The van der Waals surface area contributed by atoms with Gasteiger partial charge in [-0.2, -0.15) is 0 Å². The zero-order valence-corrected chi connectivity index (χ0v) is 27.2. The molecule has 248 valence electrons. The molecular weight excluding hydrogens is 615 g/mol. The summed E-state index contributed by atoms with van der Waals surface area (Å²) in [6.07, 6.45) is 7.04. The molecule has 1 saturated carbocycles. The van der Waals surface area contributed by atoms with Crippen molar-refractivity contribution in [2.45, 2.75) is 56.7 Å². The van der Waals surface area contributed by atoms with Crippen LogP contribution >= 0.6 is 0 Å². The zero-order chi connectivity index (χ0) is 32.3. The van der Waals surface area contributed by atoms with Crippen molar-refractivity contribution in [3.05, 3.63) is 35.8 Å². The van der Waals surface area contributed by atoms with E-state index in [1.807, 2.05) is 4.90 Å². The van der Waals surface area contributed by atoms with E-state index in [1.54, 1.807) is 18.3 Å². The smallest absolute Gasteiger partial charge is 0.305 e. The van der Waals surface area contributed by atoms with Crippen molar-refractivity contribution in [3.63, 3.8) is 0 Å². The Morgan fingerprint density at radius 1 is 1.07 bits per heavy atom. The van der Waals surface area contributed by atoms with Crippen molar-refractivity contribution >= 4 is 38.5 Å². The first-order valence-corrected chi connectivity index (χ1v) is 17.5. The molecule has 12 nitrogen and oxygen atoms in total. The van der Waals surface area contributed by atoms with Gasteiger partial charge >= 0.3 is 5.97 Å². The quantitative estimate of drug-likeness (QED) is 0.282. The van der Waals surface area contributed by atoms with Crippen LogP contribution in [0, 0.1) is 11.7 Å². The van der Waals surface area contributed by atoms with Gasteiger partial charge in [0.1, 0.15) is 11.5 Å². The number of likely N-dealkylation sites (tertiary alicyclic amines) is 1. The van der Waals surface area contributed by atoms with Crippen LogP contribution < -0.4 is 14.4 Å². The van der Waals surface area contributed by atoms with Crippen LogP contribution in [0.3, 0.4) is 0 Å². The number of benzene rings is 1. The molecule has 0 amide bonds. The molecule has 1 aliphatic carbocycles. The lowest BCUT2D eigenvalue weighted by Gasteiger charge is -2.32. The van der Waals surface area contributed by atoms with Crippen LogP contribution in [-0.2, 0) is 30.8 Å². The molecule has 3 fully saturated rings. The number of rotatable bonds is 12. The molecule has 1 aromatic carbocycles. The van der Waals surface area contributed by atoms with E-state index in [0.29, 0.717) is 86.1 Å². The number of hydrogen-bond donors (Lipinski definition) is 1. The average molecular weight is 657 g/mol. The number of aromatic nitrogens is 3. The minimum Gasteiger partial charge on any atom is -0.480 e. The molecule has 46 heavy (non-hydrogen) atoms. The highest BCUT2D eigenvalue weighted by atomic mass is 32.2. The third-order valence-corrected chi connectivity index (χ3v) is 10.8. The summed E-state index contributed by atoms with van der Waals surface area (Å²) in [4.78, 5) is 30.2. The lowest BCUT2D eigenvalue weighted by Crippen LogP contribution is -2.37. The van der Waals surface area contributed by atoms with Crippen molar-refractivity contribution in [1.29, 1.82) is 0 Å². The summed E-state index contributed by atoms with van der Waals surface area (Å²) >= 11 is 0. The number of fused-ring (bicyclic) bond motifs is 1. The van der Waals surface area contributed by atoms with E-state index >= 15 is 4.39 Å². The number of nitrogens with zero attached hydrogens (tertiary/aromatic N) is 5. The Labute approximate surface area is 268 Å². The monoisotopic (exact) mass is 656 g/mol. The third kappa shape index (κ3) is 7.50. The molecule has 1 N–H and O–H groups in total. The second kappa shape index (κ2) is 14.0. The Bertz CT molecular complexity index is 1670. The standard InChI is InChI=1S/C32H41FN6O6S/c1-43-28(40)5-3-4-21-8-10-38(11-9-21)20-23-16-24(33)18-26-29(35-32(36-30(23)26)39-12-14-45-15-13-39)22-17-27(31(44-2)34-19-22)37-46(41,42)25-6-7-25/h16-19,21,25,37H,3-15,20H2,1-2H3. The SMILES string of the molecule is COC(=O)CCCC1CCN(Cc2cc(F)cc3c(-c4cnc(OC)c(NS(=O)(=O)C5CC5)c4)nc(N4CCOCC4)nc23)CC1. The van der Waals surface area contributed by atoms with Gasteiger partial charge in [0.2, 0.25) is 21.9 Å². The van der Waals surface area contributed by atoms with Gasteiger partial charge in [-0.1, -0.05) is 0 Å². The maximum Gasteiger partial charge on any atom is 0.305 e. The summed E-state index contributed by atoms with van der Waals surface area (Å²) < 4.78 is 59.4. The predicted octanol–water partition coefficient (Wildman–Crippen LogP) is 4.14. The molecule has 2 aromatic heterocycles. The first-order valence-electron chi connectivity index (χ1n) is 15.9. The molecule has 0 atom stereocenters. The number of pyridine rings is 1. The van der Waals surface area contributed by atoms with Gasteiger partial charge < -0.3 is 19.1 Å². The Hall–Kier alpha value is -3.62. The maximum absolute atomic E-state index is 15.3. The number of morpholine rings is 1. The minimum atomic E-state index is -3.59. The lowest BCUT2D eigenvalue weighted by atomic mass is 9.91. The van der Waals surface area contributed by atoms with E-state index in [2.05, 4.69) is 14.6 Å². The molecule has 2 saturated heterocycles. The molecule has 0 spiro atoms. The molecule has 2 aliphatic heterocycles. The molecule has 14 heteroatoms. The highest BCUT2D eigenvalue weighted by Crippen LogP contribution is 2.37. The Morgan fingerprint density at radius 2 is 1.83 bits per heavy atom. The highest BCUT2D eigenvalue weighted by molar-refractivity contribution is 7.93. The molecule has 3 aromatic rings. The van der Waals surface area contributed by atoms with E-state index < -0.39 is 21.1 Å². The average Bonchev–Trinajstić information content (AvgIpc) is 3.92. The van der Waals surface area contributed by atoms with Gasteiger partial charge in [-0.25, -0.2) is 27.8 Å². The van der Waals surface area contributed by atoms with Crippen molar-refractivity contribution in [2.75, 3.05) is 63.2 Å². The lowest BCUT2D eigenvalue weighted by molar-refractivity contribution is -0.140. The second-order valence-corrected chi connectivity index (χ2v) is 14.2. The van der Waals surface area contributed by atoms with Gasteiger partial charge in [-0.15, -0.1) is 0 Å². The molecule has 0 radical (unpaired) electrons. The first kappa shape index (κ1) is 32.3. The van der Waals surface area contributed by atoms with E-state index in [1.165, 1.54) is 20.3 Å². The van der Waals surface area contributed by atoms with Crippen molar-refractivity contribution in [3.8, 4) is 17.1 Å². The Kier molecular flexibility index (Phi) is 9.85. The number of hydrogen-bond acceptors (Lipinski definition) is 11. The topological polar surface area (TPSA) is 136 Å². The van der Waals surface area contributed by atoms with E-state index in [4.69, 9.17) is 24.2 Å². The largest absolute Gasteiger partial charge is 0.480 e. The van der Waals surface area contributed by atoms with Crippen molar-refractivity contribution < 1.29 is 31.8 Å². The predicted molar refractivity (Wildman–Crippen MR) is 172 cm³/mol. The van der Waals surface area contributed by atoms with Crippen molar-refractivity contribution in [1.82, 2.24) is 19.9 Å². The summed E-state index contributed by atoms with van der Waals surface area (Å²) in [5, 5.41) is 0.0860. The number of carbonyl (C=O) groups excluding carboxylic acids is 1. The number of piperidine rings is 1. The number of carbonyl (C=O) groups is 1. The molecule has 4 heterocycles. The summed E-state index contributed by atoms with van der Waals surface area (Å²) in [5.74, 6) is 0.607. The number of anilines is 2. The van der Waals surface area contributed by atoms with Crippen LogP contribution in [0.4, 0.5) is 16.0 Å². The Balaban J connectivity index is 1.33. The van der Waals surface area contributed by atoms with Crippen LogP contribution in [0.25, 0.3) is 22.2 Å². The molecule has 6 rings (SSSR count). The summed E-state index contributed by atoms with van der Waals surface area (Å²) in [6, 6.07) is 4.63. The number of methoxy groups -OCH3 is 2. The molecular formula is C32H41FN6O6S. The number of halogens is 1. The van der Waals surface area contributed by atoms with E-state index in [0.717, 1.165) is 44.3 Å². The normalized spacial score (nSPS) is 18.1. The molecule has 0 unspecified atom stereocenters. The third-order valence-electron chi connectivity index (χ3n) is 8.98. The van der Waals surface area contributed by atoms with Gasteiger partial charge in [0, 0.05) is 43.2 Å². The summed E-state index contributed by atoms with van der Waals surface area (Å²) in [6.45, 7) is 4.55. The summed E-state index contributed by atoms with van der Waals surface area (Å²) in [5.41, 5.74) is 2.58. The highest BCUT2D eigenvalue weighted by Gasteiger charge is 2.36. The van der Waals surface area contributed by atoms with Crippen LogP contribution in [0.2, 0.25) is 0 Å². The fraction of sp³-hybridized carbons (Fsp3) is 0.562. The van der Waals surface area contributed by atoms with Crippen LogP contribution in [0.15, 0.2) is 24.4 Å². The molecule has 0 bridgehead atoms. The van der Waals surface area contributed by atoms with Gasteiger partial charge in [-0.3, -0.25) is 14.4 Å². The Morgan fingerprint density at radius 3 is 2.52 bits per heavy atom. The zero-order valence-electron chi connectivity index (χ0n) is 26.3. The van der Waals surface area contributed by atoms with Crippen LogP contribution in [-0.4, -0.2) is 93.1 Å².